The highest BCUT2D eigenvalue weighted by Crippen LogP contribution is 2.36. The summed E-state index contributed by atoms with van der Waals surface area (Å²) in [6.45, 7) is 7.46. The van der Waals surface area contributed by atoms with E-state index in [1.54, 1.807) is 19.2 Å². The number of benzene rings is 3. The predicted octanol–water partition coefficient (Wildman–Crippen LogP) is 6.76. The van der Waals surface area contributed by atoms with Crippen molar-refractivity contribution in [2.45, 2.75) is 58.5 Å². The van der Waals surface area contributed by atoms with Gasteiger partial charge < -0.3 is 20.1 Å². The second kappa shape index (κ2) is 16.2. The summed E-state index contributed by atoms with van der Waals surface area (Å²) in [6.07, 6.45) is 2.58. The molecule has 0 saturated carbocycles. The average Bonchev–Trinajstić information content (AvgIpc) is 2.91. The molecule has 0 aliphatic heterocycles. The van der Waals surface area contributed by atoms with Crippen LogP contribution in [0.15, 0.2) is 66.7 Å². The number of rotatable bonds is 14. The molecular weight excluding hydrogens is 515 g/mol. The summed E-state index contributed by atoms with van der Waals surface area (Å²) >= 11 is 0. The number of halogens is 2. The molecule has 0 aliphatic rings. The second-order valence-corrected chi connectivity index (χ2v) is 9.78. The SMILES string of the molecule is CCCc1cc(-c2ccccc2F)c(OCCCOC)cc1CC(=O)N(C(C)C)[C@@H](CN)c1ccccc1.Cl. The van der Waals surface area contributed by atoms with E-state index in [-0.39, 0.29) is 42.6 Å². The fourth-order valence-corrected chi connectivity index (χ4v) is 4.89. The summed E-state index contributed by atoms with van der Waals surface area (Å²) in [7, 11) is 1.65. The lowest BCUT2D eigenvalue weighted by Crippen LogP contribution is -2.43. The standard InChI is InChI=1S/C32H41FN2O3.ClH/c1-5-12-25-19-28(27-15-9-10-16-29(27)33)31(38-18-11-17-37-4)20-26(25)21-32(36)35(23(2)3)30(22-34)24-13-7-6-8-14-24;/h6-10,13-16,19-20,23,30H,5,11-12,17-18,21-22,34H2,1-4H3;1H/t30-;/m0./s1. The van der Waals surface area contributed by atoms with Gasteiger partial charge in [0.25, 0.3) is 0 Å². The number of amides is 1. The van der Waals surface area contributed by atoms with Crippen LogP contribution >= 0.6 is 12.4 Å². The summed E-state index contributed by atoms with van der Waals surface area (Å²) in [4.78, 5) is 15.7. The minimum absolute atomic E-state index is 0. The van der Waals surface area contributed by atoms with Gasteiger partial charge in [-0.2, -0.15) is 0 Å². The molecule has 0 unspecified atom stereocenters. The van der Waals surface area contributed by atoms with E-state index in [4.69, 9.17) is 15.2 Å². The van der Waals surface area contributed by atoms with Crippen LogP contribution < -0.4 is 10.5 Å². The molecule has 2 N–H and O–H groups in total. The zero-order valence-corrected chi connectivity index (χ0v) is 24.3. The lowest BCUT2D eigenvalue weighted by molar-refractivity contribution is -0.134. The molecule has 3 aromatic carbocycles. The third kappa shape index (κ3) is 8.53. The minimum atomic E-state index is -0.305. The van der Waals surface area contributed by atoms with E-state index < -0.39 is 0 Å². The Hall–Kier alpha value is -2.93. The van der Waals surface area contributed by atoms with Gasteiger partial charge in [0.1, 0.15) is 11.6 Å². The third-order valence-corrected chi connectivity index (χ3v) is 6.66. The number of nitrogens with zero attached hydrogens (tertiary/aromatic N) is 1. The van der Waals surface area contributed by atoms with E-state index in [9.17, 15) is 9.18 Å². The Kier molecular flexibility index (Phi) is 13.4. The molecule has 0 spiro atoms. The van der Waals surface area contributed by atoms with Gasteiger partial charge in [0.05, 0.1) is 19.1 Å². The largest absolute Gasteiger partial charge is 0.493 e. The van der Waals surface area contributed by atoms with Gasteiger partial charge in [0, 0.05) is 43.9 Å². The molecule has 1 amide bonds. The Morgan fingerprint density at radius 2 is 1.67 bits per heavy atom. The van der Waals surface area contributed by atoms with E-state index >= 15 is 0 Å². The van der Waals surface area contributed by atoms with Gasteiger partial charge in [0.15, 0.2) is 0 Å². The molecule has 0 saturated heterocycles. The molecule has 7 heteroatoms. The average molecular weight is 557 g/mol. The molecule has 0 fully saturated rings. The Balaban J connectivity index is 0.00000533. The van der Waals surface area contributed by atoms with E-state index in [0.717, 1.165) is 29.5 Å². The first-order valence-corrected chi connectivity index (χ1v) is 13.5. The molecule has 1 atom stereocenters. The molecule has 0 radical (unpaired) electrons. The molecular formula is C32H42ClFN2O3. The summed E-state index contributed by atoms with van der Waals surface area (Å²) < 4.78 is 26.2. The first-order valence-electron chi connectivity index (χ1n) is 13.5. The molecule has 0 heterocycles. The lowest BCUT2D eigenvalue weighted by Gasteiger charge is -2.35. The molecule has 0 aromatic heterocycles. The van der Waals surface area contributed by atoms with Crippen molar-refractivity contribution in [3.05, 3.63) is 89.2 Å². The van der Waals surface area contributed by atoms with Crippen molar-refractivity contribution in [1.29, 1.82) is 0 Å². The maximum atomic E-state index is 14.9. The molecule has 39 heavy (non-hydrogen) atoms. The first-order chi connectivity index (χ1) is 18.4. The van der Waals surface area contributed by atoms with Crippen LogP contribution in [0.5, 0.6) is 5.75 Å². The smallest absolute Gasteiger partial charge is 0.227 e. The van der Waals surface area contributed by atoms with Gasteiger partial charge in [-0.15, -0.1) is 12.4 Å². The van der Waals surface area contributed by atoms with E-state index in [0.29, 0.717) is 43.1 Å². The van der Waals surface area contributed by atoms with E-state index in [1.165, 1.54) is 6.07 Å². The van der Waals surface area contributed by atoms with Crippen LogP contribution in [-0.2, 0) is 22.4 Å². The van der Waals surface area contributed by atoms with Crippen molar-refractivity contribution < 1.29 is 18.7 Å². The van der Waals surface area contributed by atoms with Crippen molar-refractivity contribution in [2.24, 2.45) is 5.73 Å². The van der Waals surface area contributed by atoms with Crippen molar-refractivity contribution >= 4 is 18.3 Å². The number of ether oxygens (including phenoxy) is 2. The molecule has 3 rings (SSSR count). The van der Waals surface area contributed by atoms with Gasteiger partial charge in [-0.1, -0.05) is 61.9 Å². The summed E-state index contributed by atoms with van der Waals surface area (Å²) in [5.74, 6) is 0.268. The minimum Gasteiger partial charge on any atom is -0.493 e. The highest BCUT2D eigenvalue weighted by atomic mass is 35.5. The molecule has 5 nitrogen and oxygen atoms in total. The second-order valence-electron chi connectivity index (χ2n) is 9.78. The monoisotopic (exact) mass is 556 g/mol. The van der Waals surface area contributed by atoms with Gasteiger partial charge in [-0.25, -0.2) is 4.39 Å². The Morgan fingerprint density at radius 3 is 2.28 bits per heavy atom. The Labute approximate surface area is 238 Å². The van der Waals surface area contributed by atoms with Crippen molar-refractivity contribution in [2.75, 3.05) is 26.9 Å². The molecule has 212 valence electrons. The van der Waals surface area contributed by atoms with Gasteiger partial charge >= 0.3 is 0 Å². The number of hydrogen-bond donors (Lipinski definition) is 1. The number of carbonyl (C=O) groups is 1. The zero-order valence-electron chi connectivity index (χ0n) is 23.5. The van der Waals surface area contributed by atoms with Gasteiger partial charge in [0.2, 0.25) is 5.91 Å². The zero-order chi connectivity index (χ0) is 27.5. The highest BCUT2D eigenvalue weighted by molar-refractivity contribution is 5.85. The summed E-state index contributed by atoms with van der Waals surface area (Å²) in [5.41, 5.74) is 10.3. The Bertz CT molecular complexity index is 1170. The Morgan fingerprint density at radius 1 is 0.974 bits per heavy atom. The van der Waals surface area contributed by atoms with Gasteiger partial charge in [-0.3, -0.25) is 4.79 Å². The van der Waals surface area contributed by atoms with Crippen LogP contribution in [0, 0.1) is 5.82 Å². The predicted molar refractivity (Wildman–Crippen MR) is 159 cm³/mol. The van der Waals surface area contributed by atoms with Crippen molar-refractivity contribution in [1.82, 2.24) is 4.90 Å². The maximum Gasteiger partial charge on any atom is 0.227 e. The fraction of sp³-hybridized carbons (Fsp3) is 0.406. The molecule has 0 aliphatic carbocycles. The number of carbonyl (C=O) groups excluding carboxylic acids is 1. The van der Waals surface area contributed by atoms with Crippen molar-refractivity contribution in [3.63, 3.8) is 0 Å². The highest BCUT2D eigenvalue weighted by Gasteiger charge is 2.27. The van der Waals surface area contributed by atoms with Crippen molar-refractivity contribution in [3.8, 4) is 16.9 Å². The molecule has 3 aromatic rings. The van der Waals surface area contributed by atoms with Crippen LogP contribution in [0.4, 0.5) is 4.39 Å². The van der Waals surface area contributed by atoms with Crippen LogP contribution in [0.1, 0.15) is 56.3 Å². The number of methoxy groups -OCH3 is 1. The first kappa shape index (κ1) is 32.3. The van der Waals surface area contributed by atoms with Gasteiger partial charge in [-0.05, 0) is 55.2 Å². The normalized spacial score (nSPS) is 11.7. The third-order valence-electron chi connectivity index (χ3n) is 6.66. The molecule has 0 bridgehead atoms. The quantitative estimate of drug-likeness (QED) is 0.223. The van der Waals surface area contributed by atoms with E-state index in [1.807, 2.05) is 67.3 Å². The van der Waals surface area contributed by atoms with Crippen LogP contribution in [0.2, 0.25) is 0 Å². The lowest BCUT2D eigenvalue weighted by atomic mass is 9.93. The summed E-state index contributed by atoms with van der Waals surface area (Å²) in [6, 6.07) is 20.3. The maximum absolute atomic E-state index is 14.9. The number of nitrogens with two attached hydrogens (primary N) is 1. The fourth-order valence-electron chi connectivity index (χ4n) is 4.89. The van der Waals surface area contributed by atoms with E-state index in [2.05, 4.69) is 6.92 Å². The topological polar surface area (TPSA) is 64.8 Å². The summed E-state index contributed by atoms with van der Waals surface area (Å²) in [5, 5.41) is 0. The van der Waals surface area contributed by atoms with Crippen LogP contribution in [0.25, 0.3) is 11.1 Å². The van der Waals surface area contributed by atoms with Crippen LogP contribution in [-0.4, -0.2) is 43.7 Å². The number of hydrogen-bond acceptors (Lipinski definition) is 4. The number of aryl methyl sites for hydroxylation is 1. The van der Waals surface area contributed by atoms with Crippen LogP contribution in [0.3, 0.4) is 0 Å².